The van der Waals surface area contributed by atoms with Gasteiger partial charge in [0.2, 0.25) is 0 Å². The molecule has 0 radical (unpaired) electrons. The van der Waals surface area contributed by atoms with E-state index in [9.17, 15) is 9.59 Å². The fourth-order valence-corrected chi connectivity index (χ4v) is 3.41. The van der Waals surface area contributed by atoms with Gasteiger partial charge in [-0.1, -0.05) is 18.3 Å². The highest BCUT2D eigenvalue weighted by atomic mass is 32.1. The number of nitrogens with zero attached hydrogens (tertiary/aromatic N) is 2. The summed E-state index contributed by atoms with van der Waals surface area (Å²) < 4.78 is 1.77. The number of carboxylic acids is 1. The maximum atomic E-state index is 11.9. The summed E-state index contributed by atoms with van der Waals surface area (Å²) in [6.07, 6.45) is 1.54. The number of carbonyl (C=O) groups is 1. The predicted octanol–water partition coefficient (Wildman–Crippen LogP) is 1.15. The molecule has 0 atom stereocenters. The lowest BCUT2D eigenvalue weighted by Crippen LogP contribution is -2.31. The van der Waals surface area contributed by atoms with Gasteiger partial charge in [0.15, 0.2) is 0 Å². The molecule has 1 aliphatic heterocycles. The standard InChI is InChI=1S/C12H18N2O3S/c1-2-13-7-5-9-10(8-13)18-12(17)14(9)6-3-4-11(15)16/h2-8H2,1H3,(H,15,16). The number of hydrogen-bond acceptors (Lipinski definition) is 4. The second-order valence-electron chi connectivity index (χ2n) is 4.51. The summed E-state index contributed by atoms with van der Waals surface area (Å²) >= 11 is 1.31. The van der Waals surface area contributed by atoms with Gasteiger partial charge in [-0.2, -0.15) is 0 Å². The molecular formula is C12H18N2O3S. The van der Waals surface area contributed by atoms with Crippen molar-refractivity contribution in [2.24, 2.45) is 0 Å². The van der Waals surface area contributed by atoms with Crippen molar-refractivity contribution in [1.82, 2.24) is 9.47 Å². The van der Waals surface area contributed by atoms with Crippen LogP contribution in [0.3, 0.4) is 0 Å². The molecule has 6 heteroatoms. The van der Waals surface area contributed by atoms with E-state index < -0.39 is 5.97 Å². The molecule has 1 N–H and O–H groups in total. The minimum absolute atomic E-state index is 0.0586. The minimum Gasteiger partial charge on any atom is -0.481 e. The number of rotatable bonds is 5. The molecule has 0 saturated carbocycles. The second kappa shape index (κ2) is 5.67. The van der Waals surface area contributed by atoms with Crippen molar-refractivity contribution in [3.8, 4) is 0 Å². The van der Waals surface area contributed by atoms with Crippen molar-refractivity contribution in [1.29, 1.82) is 0 Å². The van der Waals surface area contributed by atoms with Crippen molar-refractivity contribution < 1.29 is 9.90 Å². The van der Waals surface area contributed by atoms with E-state index in [4.69, 9.17) is 5.11 Å². The minimum atomic E-state index is -0.802. The zero-order valence-electron chi connectivity index (χ0n) is 10.5. The van der Waals surface area contributed by atoms with Gasteiger partial charge in [-0.05, 0) is 13.0 Å². The Bertz CT molecular complexity index is 492. The fraction of sp³-hybridized carbons (Fsp3) is 0.667. The van der Waals surface area contributed by atoms with E-state index in [1.54, 1.807) is 4.57 Å². The van der Waals surface area contributed by atoms with E-state index in [0.29, 0.717) is 13.0 Å². The first-order valence-electron chi connectivity index (χ1n) is 6.27. The summed E-state index contributed by atoms with van der Waals surface area (Å²) in [5.41, 5.74) is 1.13. The van der Waals surface area contributed by atoms with E-state index in [1.165, 1.54) is 11.3 Å². The molecule has 1 aromatic heterocycles. The molecule has 100 valence electrons. The van der Waals surface area contributed by atoms with Crippen LogP contribution < -0.4 is 4.87 Å². The van der Waals surface area contributed by atoms with Crippen LogP contribution in [0.25, 0.3) is 0 Å². The van der Waals surface area contributed by atoms with Crippen LogP contribution in [0.4, 0.5) is 0 Å². The molecule has 0 aromatic carbocycles. The molecule has 0 aliphatic carbocycles. The maximum absolute atomic E-state index is 11.9. The third-order valence-corrected chi connectivity index (χ3v) is 4.34. The molecule has 1 aliphatic rings. The number of likely N-dealkylation sites (N-methyl/N-ethyl adjacent to an activating group) is 1. The van der Waals surface area contributed by atoms with Crippen molar-refractivity contribution in [3.05, 3.63) is 20.2 Å². The number of fused-ring (bicyclic) bond motifs is 1. The first-order chi connectivity index (χ1) is 8.61. The normalized spacial score (nSPS) is 15.6. The summed E-state index contributed by atoms with van der Waals surface area (Å²) in [5.74, 6) is -0.802. The average molecular weight is 270 g/mol. The molecule has 0 amide bonds. The lowest BCUT2D eigenvalue weighted by atomic mass is 10.1. The zero-order chi connectivity index (χ0) is 13.1. The van der Waals surface area contributed by atoms with Crippen LogP contribution in [-0.4, -0.2) is 33.6 Å². The molecule has 2 rings (SSSR count). The lowest BCUT2D eigenvalue weighted by molar-refractivity contribution is -0.137. The first kappa shape index (κ1) is 13.3. The smallest absolute Gasteiger partial charge is 0.307 e. The average Bonchev–Trinajstić information content (AvgIpc) is 2.64. The Balaban J connectivity index is 2.10. The number of hydrogen-bond donors (Lipinski definition) is 1. The SMILES string of the molecule is CCN1CCc2c(sc(=O)n2CCCC(=O)O)C1. The van der Waals surface area contributed by atoms with E-state index in [2.05, 4.69) is 11.8 Å². The Hall–Kier alpha value is -1.14. The van der Waals surface area contributed by atoms with Gasteiger partial charge in [-0.25, -0.2) is 0 Å². The first-order valence-corrected chi connectivity index (χ1v) is 7.09. The van der Waals surface area contributed by atoms with Crippen LogP contribution in [0.5, 0.6) is 0 Å². The molecule has 2 heterocycles. The van der Waals surface area contributed by atoms with Crippen molar-refractivity contribution >= 4 is 17.3 Å². The number of thiazole rings is 1. The summed E-state index contributed by atoms with van der Waals surface area (Å²) in [6, 6.07) is 0. The zero-order valence-corrected chi connectivity index (χ0v) is 11.3. The van der Waals surface area contributed by atoms with Gasteiger partial charge in [0.25, 0.3) is 0 Å². The fourth-order valence-electron chi connectivity index (χ4n) is 2.31. The number of aliphatic carboxylic acids is 1. The molecular weight excluding hydrogens is 252 g/mol. The van der Waals surface area contributed by atoms with Crippen LogP contribution in [0.15, 0.2) is 4.79 Å². The van der Waals surface area contributed by atoms with Gasteiger partial charge >= 0.3 is 10.8 Å². The Kier molecular flexibility index (Phi) is 4.19. The Morgan fingerprint density at radius 3 is 2.94 bits per heavy atom. The summed E-state index contributed by atoms with van der Waals surface area (Å²) in [4.78, 5) is 25.9. The molecule has 18 heavy (non-hydrogen) atoms. The number of aromatic nitrogens is 1. The van der Waals surface area contributed by atoms with Crippen LogP contribution in [-0.2, 0) is 24.3 Å². The second-order valence-corrected chi connectivity index (χ2v) is 5.55. The summed E-state index contributed by atoms with van der Waals surface area (Å²) in [7, 11) is 0. The molecule has 0 unspecified atom stereocenters. The van der Waals surface area contributed by atoms with Gasteiger partial charge in [0, 0.05) is 43.0 Å². The molecule has 1 aromatic rings. The molecule has 5 nitrogen and oxygen atoms in total. The van der Waals surface area contributed by atoms with Crippen LogP contribution in [0.2, 0.25) is 0 Å². The highest BCUT2D eigenvalue weighted by molar-refractivity contribution is 7.09. The van der Waals surface area contributed by atoms with E-state index in [0.717, 1.165) is 36.6 Å². The summed E-state index contributed by atoms with van der Waals surface area (Å²) in [5, 5.41) is 8.63. The monoisotopic (exact) mass is 270 g/mol. The van der Waals surface area contributed by atoms with Gasteiger partial charge in [-0.3, -0.25) is 14.5 Å². The largest absolute Gasteiger partial charge is 0.481 e. The van der Waals surface area contributed by atoms with Crippen LogP contribution in [0.1, 0.15) is 30.3 Å². The Morgan fingerprint density at radius 1 is 1.50 bits per heavy atom. The van der Waals surface area contributed by atoms with Gasteiger partial charge in [0.1, 0.15) is 0 Å². The van der Waals surface area contributed by atoms with Crippen molar-refractivity contribution in [2.75, 3.05) is 13.1 Å². The van der Waals surface area contributed by atoms with E-state index >= 15 is 0 Å². The Labute approximate surface area is 110 Å². The maximum Gasteiger partial charge on any atom is 0.307 e. The number of carboxylic acid groups (broad SMARTS) is 1. The third kappa shape index (κ3) is 2.81. The molecule has 0 fully saturated rings. The van der Waals surface area contributed by atoms with E-state index in [-0.39, 0.29) is 11.3 Å². The quantitative estimate of drug-likeness (QED) is 0.872. The van der Waals surface area contributed by atoms with Crippen molar-refractivity contribution in [2.45, 2.75) is 39.3 Å². The summed E-state index contributed by atoms with van der Waals surface area (Å²) in [6.45, 7) is 5.50. The topological polar surface area (TPSA) is 62.5 Å². The Morgan fingerprint density at radius 2 is 2.28 bits per heavy atom. The third-order valence-electron chi connectivity index (χ3n) is 3.33. The van der Waals surface area contributed by atoms with Crippen LogP contribution in [0, 0.1) is 0 Å². The van der Waals surface area contributed by atoms with Gasteiger partial charge in [-0.15, -0.1) is 0 Å². The molecule has 0 spiro atoms. The highest BCUT2D eigenvalue weighted by Gasteiger charge is 2.21. The highest BCUT2D eigenvalue weighted by Crippen LogP contribution is 2.21. The lowest BCUT2D eigenvalue weighted by Gasteiger charge is -2.25. The predicted molar refractivity (Wildman–Crippen MR) is 70.1 cm³/mol. The van der Waals surface area contributed by atoms with E-state index in [1.807, 2.05) is 0 Å². The molecule has 0 saturated heterocycles. The van der Waals surface area contributed by atoms with Gasteiger partial charge in [0.05, 0.1) is 0 Å². The van der Waals surface area contributed by atoms with Crippen LogP contribution >= 0.6 is 11.3 Å². The van der Waals surface area contributed by atoms with Crippen molar-refractivity contribution in [3.63, 3.8) is 0 Å². The van der Waals surface area contributed by atoms with Gasteiger partial charge < -0.3 is 9.67 Å². The molecule has 0 bridgehead atoms.